The van der Waals surface area contributed by atoms with Crippen LogP contribution in [0.1, 0.15) is 52.0 Å². The number of carbonyl (C=O) groups is 1. The lowest BCUT2D eigenvalue weighted by molar-refractivity contribution is 0.0162. The molecule has 0 spiro atoms. The number of amides is 1. The highest BCUT2D eigenvalue weighted by Gasteiger charge is 2.28. The molecule has 32 heavy (non-hydrogen) atoms. The number of aromatic nitrogens is 2. The van der Waals surface area contributed by atoms with Crippen LogP contribution in [0.4, 0.5) is 4.79 Å². The molecule has 9 heteroatoms. The molecule has 3 heterocycles. The normalized spacial score (nSPS) is 22.0. The van der Waals surface area contributed by atoms with Crippen LogP contribution in [-0.2, 0) is 18.2 Å². The molecule has 1 amide bonds. The predicted molar refractivity (Wildman–Crippen MR) is 139 cm³/mol. The summed E-state index contributed by atoms with van der Waals surface area (Å²) in [6, 6.07) is 0. The summed E-state index contributed by atoms with van der Waals surface area (Å²) in [4.78, 5) is 21.1. The van der Waals surface area contributed by atoms with Crippen molar-refractivity contribution in [2.75, 3.05) is 39.8 Å². The molecule has 2 saturated heterocycles. The quantitative estimate of drug-likeness (QED) is 0.339. The van der Waals surface area contributed by atoms with E-state index in [0.717, 1.165) is 64.4 Å². The van der Waals surface area contributed by atoms with Gasteiger partial charge in [0.15, 0.2) is 5.96 Å². The zero-order valence-corrected chi connectivity index (χ0v) is 22.7. The van der Waals surface area contributed by atoms with Crippen molar-refractivity contribution >= 4 is 36.0 Å². The number of nitrogens with one attached hydrogen (secondary N) is 1. The first-order valence-electron chi connectivity index (χ1n) is 11.6. The average Bonchev–Trinajstić information content (AvgIpc) is 3.33. The predicted octanol–water partition coefficient (Wildman–Crippen LogP) is 3.52. The number of guanidine groups is 1. The number of halogens is 1. The number of ether oxygens (including phenoxy) is 1. The number of carbonyl (C=O) groups excluding carboxylic acids is 1. The van der Waals surface area contributed by atoms with Gasteiger partial charge in [0.05, 0.1) is 6.20 Å². The second kappa shape index (κ2) is 12.1. The first kappa shape index (κ1) is 26.7. The Morgan fingerprint density at radius 2 is 1.97 bits per heavy atom. The maximum absolute atomic E-state index is 12.4. The lowest BCUT2D eigenvalue weighted by Gasteiger charge is -2.34. The third-order valence-corrected chi connectivity index (χ3v) is 6.09. The van der Waals surface area contributed by atoms with E-state index >= 15 is 0 Å². The Labute approximate surface area is 210 Å². The molecule has 0 aromatic carbocycles. The number of aliphatic imine (C=N–C) groups is 1. The molecule has 1 N–H and O–H groups in total. The smallest absolute Gasteiger partial charge is 0.410 e. The van der Waals surface area contributed by atoms with Gasteiger partial charge >= 0.3 is 6.09 Å². The molecular formula is C23H41IN6O2. The summed E-state index contributed by atoms with van der Waals surface area (Å²) in [7, 11) is 3.83. The van der Waals surface area contributed by atoms with Crippen LogP contribution in [0.5, 0.6) is 0 Å². The van der Waals surface area contributed by atoms with Crippen LogP contribution in [0.3, 0.4) is 0 Å². The Bertz CT molecular complexity index is 760. The third-order valence-electron chi connectivity index (χ3n) is 6.09. The fraction of sp³-hybridized carbons (Fsp3) is 0.783. The fourth-order valence-corrected chi connectivity index (χ4v) is 4.62. The zero-order chi connectivity index (χ0) is 22.4. The molecule has 0 bridgehead atoms. The number of rotatable bonds is 5. The third kappa shape index (κ3) is 8.12. The SMILES string of the molecule is CN=C(NCCC1CCCN(C(=O)OC(C)(C)C)C1)N1CCC(Cc2cnn(C)c2)C1.I. The van der Waals surface area contributed by atoms with Crippen molar-refractivity contribution in [1.82, 2.24) is 24.9 Å². The van der Waals surface area contributed by atoms with Crippen molar-refractivity contribution in [3.63, 3.8) is 0 Å². The number of hydrogen-bond acceptors (Lipinski definition) is 4. The molecule has 1 aromatic rings. The minimum absolute atomic E-state index is 0. The Hall–Kier alpha value is -1.52. The highest BCUT2D eigenvalue weighted by Crippen LogP contribution is 2.23. The minimum atomic E-state index is -0.442. The molecule has 2 atom stereocenters. The van der Waals surface area contributed by atoms with Gasteiger partial charge in [0, 0.05) is 53.0 Å². The topological polar surface area (TPSA) is 75.0 Å². The van der Waals surface area contributed by atoms with Crippen molar-refractivity contribution in [2.45, 2.75) is 58.5 Å². The minimum Gasteiger partial charge on any atom is -0.444 e. The van der Waals surface area contributed by atoms with Crippen molar-refractivity contribution in [2.24, 2.45) is 23.9 Å². The van der Waals surface area contributed by atoms with Gasteiger partial charge in [-0.15, -0.1) is 24.0 Å². The Morgan fingerprint density at radius 3 is 2.62 bits per heavy atom. The second-order valence-corrected chi connectivity index (χ2v) is 10.0. The molecule has 2 unspecified atom stereocenters. The van der Waals surface area contributed by atoms with Gasteiger partial charge in [-0.1, -0.05) is 0 Å². The van der Waals surface area contributed by atoms with Crippen molar-refractivity contribution in [3.8, 4) is 0 Å². The van der Waals surface area contributed by atoms with E-state index in [1.165, 1.54) is 12.0 Å². The number of likely N-dealkylation sites (tertiary alicyclic amines) is 2. The van der Waals surface area contributed by atoms with Gasteiger partial charge in [0.1, 0.15) is 5.60 Å². The standard InChI is InChI=1S/C23H40N6O2.HI/c1-23(2,3)31-22(30)29-11-6-7-18(16-29)8-10-25-21(24-4)28-12-9-19(17-28)13-20-14-26-27(5)15-20;/h14-15,18-19H,6-13,16-17H2,1-5H3,(H,24,25);1H. The van der Waals surface area contributed by atoms with Crippen LogP contribution in [0.25, 0.3) is 0 Å². The summed E-state index contributed by atoms with van der Waals surface area (Å²) in [5, 5.41) is 7.84. The Balaban J connectivity index is 0.00000363. The molecule has 1 aromatic heterocycles. The molecular weight excluding hydrogens is 519 g/mol. The lowest BCUT2D eigenvalue weighted by Crippen LogP contribution is -2.44. The highest BCUT2D eigenvalue weighted by atomic mass is 127. The van der Waals surface area contributed by atoms with Crippen LogP contribution in [0, 0.1) is 11.8 Å². The zero-order valence-electron chi connectivity index (χ0n) is 20.3. The number of piperidine rings is 1. The molecule has 0 aliphatic carbocycles. The highest BCUT2D eigenvalue weighted by molar-refractivity contribution is 14.0. The monoisotopic (exact) mass is 560 g/mol. The summed E-state index contributed by atoms with van der Waals surface area (Å²) in [5.41, 5.74) is 0.868. The maximum Gasteiger partial charge on any atom is 0.410 e. The van der Waals surface area contributed by atoms with E-state index in [2.05, 4.69) is 26.5 Å². The van der Waals surface area contributed by atoms with Gasteiger partial charge in [-0.25, -0.2) is 4.79 Å². The van der Waals surface area contributed by atoms with Crippen molar-refractivity contribution < 1.29 is 9.53 Å². The fourth-order valence-electron chi connectivity index (χ4n) is 4.62. The van der Waals surface area contributed by atoms with E-state index in [0.29, 0.717) is 11.8 Å². The summed E-state index contributed by atoms with van der Waals surface area (Å²) in [6.07, 6.45) is 9.40. The molecule has 182 valence electrons. The van der Waals surface area contributed by atoms with Crippen LogP contribution in [0.2, 0.25) is 0 Å². The molecule has 2 fully saturated rings. The summed E-state index contributed by atoms with van der Waals surface area (Å²) < 4.78 is 7.42. The van der Waals surface area contributed by atoms with E-state index in [1.807, 2.05) is 50.6 Å². The summed E-state index contributed by atoms with van der Waals surface area (Å²) >= 11 is 0. The van der Waals surface area contributed by atoms with Crippen molar-refractivity contribution in [3.05, 3.63) is 18.0 Å². The van der Waals surface area contributed by atoms with Crippen LogP contribution >= 0.6 is 24.0 Å². The molecule has 2 aliphatic rings. The molecule has 0 saturated carbocycles. The van der Waals surface area contributed by atoms with Crippen LogP contribution in [0.15, 0.2) is 17.4 Å². The molecule has 8 nitrogen and oxygen atoms in total. The van der Waals surface area contributed by atoms with Gasteiger partial charge in [-0.2, -0.15) is 5.10 Å². The first-order chi connectivity index (χ1) is 14.7. The first-order valence-corrected chi connectivity index (χ1v) is 11.6. The summed E-state index contributed by atoms with van der Waals surface area (Å²) in [5.74, 6) is 2.14. The molecule has 3 rings (SSSR count). The van der Waals surface area contributed by atoms with Gasteiger partial charge in [0.25, 0.3) is 0 Å². The Kier molecular flexibility index (Phi) is 10.1. The number of aryl methyl sites for hydroxylation is 1. The maximum atomic E-state index is 12.4. The molecule has 2 aliphatic heterocycles. The average molecular weight is 561 g/mol. The van der Waals surface area contributed by atoms with E-state index in [1.54, 1.807) is 0 Å². The van der Waals surface area contributed by atoms with E-state index in [-0.39, 0.29) is 30.1 Å². The van der Waals surface area contributed by atoms with Crippen LogP contribution < -0.4 is 5.32 Å². The number of hydrogen-bond donors (Lipinski definition) is 1. The summed E-state index contributed by atoms with van der Waals surface area (Å²) in [6.45, 7) is 10.3. The Morgan fingerprint density at radius 1 is 1.22 bits per heavy atom. The second-order valence-electron chi connectivity index (χ2n) is 10.0. The van der Waals surface area contributed by atoms with Gasteiger partial charge in [0.2, 0.25) is 0 Å². The van der Waals surface area contributed by atoms with Gasteiger partial charge < -0.3 is 19.9 Å². The van der Waals surface area contributed by atoms with E-state index in [9.17, 15) is 4.79 Å². The van der Waals surface area contributed by atoms with Crippen LogP contribution in [-0.4, -0.2) is 77.0 Å². The van der Waals surface area contributed by atoms with Crippen molar-refractivity contribution in [1.29, 1.82) is 0 Å². The largest absolute Gasteiger partial charge is 0.444 e. The van der Waals surface area contributed by atoms with E-state index < -0.39 is 5.60 Å². The van der Waals surface area contributed by atoms with Gasteiger partial charge in [-0.3, -0.25) is 9.67 Å². The lowest BCUT2D eigenvalue weighted by atomic mass is 9.95. The van der Waals surface area contributed by atoms with Gasteiger partial charge in [-0.05, 0) is 70.3 Å². The van der Waals surface area contributed by atoms with E-state index in [4.69, 9.17) is 4.74 Å². The molecule has 0 radical (unpaired) electrons. The number of nitrogens with zero attached hydrogens (tertiary/aromatic N) is 5.